The molecule has 3 aromatic rings. The van der Waals surface area contributed by atoms with E-state index in [1.54, 1.807) is 25.1 Å². The van der Waals surface area contributed by atoms with Crippen molar-refractivity contribution in [3.63, 3.8) is 0 Å². The van der Waals surface area contributed by atoms with E-state index in [2.05, 4.69) is 26.9 Å². The van der Waals surface area contributed by atoms with Gasteiger partial charge < -0.3 is 24.3 Å². The Morgan fingerprint density at radius 1 is 1.20 bits per heavy atom. The average molecular weight is 483 g/mol. The minimum atomic E-state index is -0.543. The number of aromatic amines is 1. The number of aromatic nitrogens is 3. The quantitative estimate of drug-likeness (QED) is 0.252. The Kier molecular flexibility index (Phi) is 8.30. The smallest absolute Gasteiger partial charge is 0.264 e. The van der Waals surface area contributed by atoms with E-state index in [0.29, 0.717) is 46.1 Å². The third kappa shape index (κ3) is 5.37. The van der Waals surface area contributed by atoms with Crippen LogP contribution in [-0.4, -0.2) is 47.6 Å². The molecule has 2 aromatic heterocycles. The van der Waals surface area contributed by atoms with Crippen LogP contribution in [0.3, 0.4) is 0 Å². The first-order chi connectivity index (χ1) is 16.9. The fraction of sp³-hybridized carbons (Fsp3) is 0.360. The van der Waals surface area contributed by atoms with Crippen LogP contribution < -0.4 is 15.0 Å². The highest BCUT2D eigenvalue weighted by Crippen LogP contribution is 2.44. The number of allylic oxidation sites excluding steroid dienone is 1. The first-order valence-corrected chi connectivity index (χ1v) is 11.2. The summed E-state index contributed by atoms with van der Waals surface area (Å²) in [7, 11) is 4.51. The van der Waals surface area contributed by atoms with Gasteiger partial charge in [0.25, 0.3) is 5.56 Å². The van der Waals surface area contributed by atoms with Crippen LogP contribution in [0.15, 0.2) is 45.0 Å². The maximum Gasteiger partial charge on any atom is 0.264 e. The van der Waals surface area contributed by atoms with Crippen LogP contribution in [0, 0.1) is 6.92 Å². The molecular formula is C25H30N4O6. The second kappa shape index (κ2) is 11.4. The molecule has 0 amide bonds. The van der Waals surface area contributed by atoms with Crippen molar-refractivity contribution in [2.24, 2.45) is 4.99 Å². The molecule has 10 nitrogen and oxygen atoms in total. The number of rotatable bonds is 10. The lowest BCUT2D eigenvalue weighted by atomic mass is 9.95. The summed E-state index contributed by atoms with van der Waals surface area (Å²) in [5, 5.41) is 19.1. The minimum absolute atomic E-state index is 0.0972. The number of hydrogen-bond donors (Lipinski definition) is 2. The van der Waals surface area contributed by atoms with E-state index < -0.39 is 5.56 Å². The van der Waals surface area contributed by atoms with Crippen LogP contribution in [0.25, 0.3) is 11.1 Å². The zero-order valence-electron chi connectivity index (χ0n) is 20.6. The van der Waals surface area contributed by atoms with E-state index in [1.807, 2.05) is 6.92 Å². The normalized spacial score (nSPS) is 11.4. The average Bonchev–Trinajstić information content (AvgIpc) is 3.25. The summed E-state index contributed by atoms with van der Waals surface area (Å²) in [6.45, 7) is 7.68. The van der Waals surface area contributed by atoms with Crippen molar-refractivity contribution in [3.05, 3.63) is 63.5 Å². The number of unbranched alkanes of at least 4 members (excludes halogenated alkanes) is 1. The Labute approximate surface area is 203 Å². The minimum Gasteiger partial charge on any atom is -0.506 e. The van der Waals surface area contributed by atoms with Gasteiger partial charge in [-0.05, 0) is 31.9 Å². The summed E-state index contributed by atoms with van der Waals surface area (Å²) in [5.74, 6) is 0.805. The Morgan fingerprint density at radius 2 is 1.89 bits per heavy atom. The van der Waals surface area contributed by atoms with Crippen molar-refractivity contribution in [1.29, 1.82) is 0 Å². The Morgan fingerprint density at radius 3 is 2.43 bits per heavy atom. The number of aromatic hydroxyl groups is 1. The predicted molar refractivity (Wildman–Crippen MR) is 131 cm³/mol. The summed E-state index contributed by atoms with van der Waals surface area (Å²) in [6.07, 6.45) is 2.41. The van der Waals surface area contributed by atoms with Crippen LogP contribution in [0.5, 0.6) is 17.2 Å². The lowest BCUT2D eigenvalue weighted by Crippen LogP contribution is -2.23. The molecule has 0 saturated heterocycles. The first-order valence-electron chi connectivity index (χ1n) is 11.2. The van der Waals surface area contributed by atoms with Gasteiger partial charge >= 0.3 is 0 Å². The monoisotopic (exact) mass is 482 g/mol. The summed E-state index contributed by atoms with van der Waals surface area (Å²) in [5.41, 5.74) is 1.91. The standard InChI is InChI=1S/C25H30N4O6/c1-7-8-10-16-20(21-18(32-5)11-9-12-19(21)33-6)23(30)22(24(31)27-16)25(26-4)34-14(2)13-17-15(3)28-35-29-17/h9,11-12H,2,7-8,10,13H2,1,3-6H3,(H2,27,30,31). The second-order valence-electron chi connectivity index (χ2n) is 7.81. The van der Waals surface area contributed by atoms with Crippen LogP contribution in [0.4, 0.5) is 0 Å². The number of ether oxygens (including phenoxy) is 3. The van der Waals surface area contributed by atoms with Gasteiger partial charge in [-0.25, -0.2) is 4.63 Å². The molecule has 0 radical (unpaired) electrons. The van der Waals surface area contributed by atoms with E-state index >= 15 is 0 Å². The fourth-order valence-electron chi connectivity index (χ4n) is 3.72. The molecule has 35 heavy (non-hydrogen) atoms. The molecule has 0 aliphatic carbocycles. The van der Waals surface area contributed by atoms with Crippen molar-refractivity contribution in [2.75, 3.05) is 21.3 Å². The van der Waals surface area contributed by atoms with Crippen molar-refractivity contribution in [2.45, 2.75) is 39.5 Å². The number of benzene rings is 1. The van der Waals surface area contributed by atoms with Crippen molar-refractivity contribution in [3.8, 4) is 28.4 Å². The predicted octanol–water partition coefficient (Wildman–Crippen LogP) is 3.95. The molecule has 0 atom stereocenters. The molecule has 0 aliphatic rings. The van der Waals surface area contributed by atoms with E-state index in [9.17, 15) is 9.90 Å². The molecule has 0 bridgehead atoms. The lowest BCUT2D eigenvalue weighted by molar-refractivity contribution is 0.300. The maximum absolute atomic E-state index is 13.2. The molecule has 3 rings (SSSR count). The van der Waals surface area contributed by atoms with Gasteiger partial charge in [0.05, 0.1) is 31.8 Å². The molecular weight excluding hydrogens is 452 g/mol. The van der Waals surface area contributed by atoms with Crippen LogP contribution >= 0.6 is 0 Å². The summed E-state index contributed by atoms with van der Waals surface area (Å²) >= 11 is 0. The van der Waals surface area contributed by atoms with E-state index in [0.717, 1.165) is 12.8 Å². The van der Waals surface area contributed by atoms with Crippen LogP contribution in [-0.2, 0) is 17.6 Å². The van der Waals surface area contributed by atoms with Gasteiger partial charge in [-0.2, -0.15) is 0 Å². The molecule has 186 valence electrons. The molecule has 0 saturated carbocycles. The maximum atomic E-state index is 13.2. The van der Waals surface area contributed by atoms with E-state index in [1.165, 1.54) is 21.3 Å². The van der Waals surface area contributed by atoms with Crippen LogP contribution in [0.1, 0.15) is 42.4 Å². The molecule has 2 heterocycles. The third-order valence-corrected chi connectivity index (χ3v) is 5.49. The first kappa shape index (κ1) is 25.5. The molecule has 1 aromatic carbocycles. The van der Waals surface area contributed by atoms with Gasteiger partial charge in [-0.15, -0.1) is 0 Å². The number of nitrogens with zero attached hydrogens (tertiary/aromatic N) is 3. The molecule has 0 unspecified atom stereocenters. The second-order valence-corrected chi connectivity index (χ2v) is 7.81. The number of aliphatic imine (C=N–C) groups is 1. The van der Waals surface area contributed by atoms with Gasteiger partial charge in [0, 0.05) is 12.7 Å². The largest absolute Gasteiger partial charge is 0.506 e. The molecule has 0 spiro atoms. The zero-order chi connectivity index (χ0) is 25.5. The van der Waals surface area contributed by atoms with Crippen molar-refractivity contribution >= 4 is 5.90 Å². The van der Waals surface area contributed by atoms with Crippen LogP contribution in [0.2, 0.25) is 0 Å². The van der Waals surface area contributed by atoms with Gasteiger partial charge in [-0.1, -0.05) is 36.3 Å². The summed E-state index contributed by atoms with van der Waals surface area (Å²) < 4.78 is 21.6. The molecule has 2 N–H and O–H groups in total. The Balaban J connectivity index is 2.16. The Bertz CT molecular complexity index is 1270. The topological polar surface area (TPSA) is 132 Å². The number of pyridine rings is 1. The highest BCUT2D eigenvalue weighted by atomic mass is 16.6. The zero-order valence-corrected chi connectivity index (χ0v) is 20.6. The van der Waals surface area contributed by atoms with Gasteiger partial charge in [0.1, 0.15) is 40.0 Å². The van der Waals surface area contributed by atoms with Gasteiger partial charge in [0.15, 0.2) is 0 Å². The molecule has 0 aliphatic heterocycles. The number of hydrogen-bond acceptors (Lipinski definition) is 9. The highest BCUT2D eigenvalue weighted by molar-refractivity contribution is 6.00. The molecule has 10 heteroatoms. The number of H-pyrrole nitrogens is 1. The van der Waals surface area contributed by atoms with Crippen molar-refractivity contribution in [1.82, 2.24) is 15.3 Å². The molecule has 0 fully saturated rings. The summed E-state index contributed by atoms with van der Waals surface area (Å²) in [6, 6.07) is 5.30. The third-order valence-electron chi connectivity index (χ3n) is 5.49. The van der Waals surface area contributed by atoms with E-state index in [-0.39, 0.29) is 29.4 Å². The lowest BCUT2D eigenvalue weighted by Gasteiger charge is -2.19. The number of aryl methyl sites for hydroxylation is 2. The summed E-state index contributed by atoms with van der Waals surface area (Å²) in [4.78, 5) is 20.2. The van der Waals surface area contributed by atoms with Gasteiger partial charge in [-0.3, -0.25) is 9.79 Å². The SMILES string of the molecule is C=C(Cc1nonc1C)OC(=NC)c1c(O)c(-c2c(OC)cccc2OC)c(CCCC)[nH]c1=O. The fourth-order valence-corrected chi connectivity index (χ4v) is 3.72. The highest BCUT2D eigenvalue weighted by Gasteiger charge is 2.27. The number of methoxy groups -OCH3 is 2. The van der Waals surface area contributed by atoms with E-state index in [4.69, 9.17) is 18.8 Å². The Hall–Kier alpha value is -4.08. The van der Waals surface area contributed by atoms with Gasteiger partial charge in [0.2, 0.25) is 5.90 Å². The van der Waals surface area contributed by atoms with Crippen molar-refractivity contribution < 1.29 is 23.9 Å². The number of nitrogens with one attached hydrogen (secondary N) is 1.